The largest absolute Gasteiger partial charge is 0.399 e. The second-order valence-electron chi connectivity index (χ2n) is 5.39. The Balaban J connectivity index is 1.74. The molecule has 0 radical (unpaired) electrons. The number of anilines is 1. The monoisotopic (exact) mass is 310 g/mol. The Hall–Kier alpha value is -2.86. The third-order valence-corrected chi connectivity index (χ3v) is 3.71. The zero-order valence-corrected chi connectivity index (χ0v) is 12.5. The molecule has 2 heterocycles. The number of carbonyl (C=O) groups excluding carboxylic acids is 1. The first-order chi connectivity index (χ1) is 11.2. The molecule has 0 saturated carbocycles. The molecule has 1 aromatic carbocycles. The number of hydrogen-bond acceptors (Lipinski definition) is 4. The van der Waals surface area contributed by atoms with Crippen molar-refractivity contribution in [1.29, 1.82) is 0 Å². The van der Waals surface area contributed by atoms with Crippen molar-refractivity contribution in [2.75, 3.05) is 12.3 Å². The van der Waals surface area contributed by atoms with Crippen molar-refractivity contribution in [1.82, 2.24) is 15.3 Å². The number of rotatable bonds is 5. The Bertz CT molecular complexity index is 828. The molecule has 0 fully saturated rings. The van der Waals surface area contributed by atoms with Gasteiger partial charge in [0.1, 0.15) is 5.69 Å². The summed E-state index contributed by atoms with van der Waals surface area (Å²) in [5.41, 5.74) is 8.44. The fourth-order valence-corrected chi connectivity index (χ4v) is 2.56. The van der Waals surface area contributed by atoms with Crippen molar-refractivity contribution in [3.8, 4) is 0 Å². The van der Waals surface area contributed by atoms with Gasteiger partial charge >= 0.3 is 0 Å². The number of hydrogen-bond donors (Lipinski definition) is 4. The number of aromatic nitrogens is 2. The zero-order valence-electron chi connectivity index (χ0n) is 12.5. The normalized spacial score (nSPS) is 12.2. The number of fused-ring (bicyclic) bond motifs is 1. The summed E-state index contributed by atoms with van der Waals surface area (Å²) in [6.45, 7) is -0.159. The van der Waals surface area contributed by atoms with E-state index in [1.807, 2.05) is 30.5 Å². The number of para-hydroxylation sites is 1. The number of nitrogens with two attached hydrogens (primary N) is 1. The average molecular weight is 310 g/mol. The van der Waals surface area contributed by atoms with Gasteiger partial charge in [0.05, 0.1) is 12.6 Å². The third-order valence-electron chi connectivity index (χ3n) is 3.71. The maximum Gasteiger partial charge on any atom is 0.270 e. The summed E-state index contributed by atoms with van der Waals surface area (Å²) in [5, 5.41) is 13.5. The van der Waals surface area contributed by atoms with Gasteiger partial charge < -0.3 is 21.1 Å². The van der Waals surface area contributed by atoms with Gasteiger partial charge in [0.25, 0.3) is 5.91 Å². The number of amides is 1. The summed E-state index contributed by atoms with van der Waals surface area (Å²) in [6.07, 6.45) is 3.91. The van der Waals surface area contributed by atoms with Crippen molar-refractivity contribution in [3.05, 3.63) is 60.0 Å². The van der Waals surface area contributed by atoms with Gasteiger partial charge in [-0.1, -0.05) is 18.2 Å². The topological polar surface area (TPSA) is 104 Å². The molecular weight excluding hydrogens is 292 g/mol. The van der Waals surface area contributed by atoms with Gasteiger partial charge in [-0.3, -0.25) is 9.78 Å². The summed E-state index contributed by atoms with van der Waals surface area (Å²) in [6, 6.07) is 10.6. The lowest BCUT2D eigenvalue weighted by molar-refractivity contribution is 0.0911. The smallest absolute Gasteiger partial charge is 0.270 e. The van der Waals surface area contributed by atoms with Crippen LogP contribution in [0, 0.1) is 0 Å². The minimum atomic E-state index is -0.398. The highest BCUT2D eigenvalue weighted by Crippen LogP contribution is 2.19. The van der Waals surface area contributed by atoms with E-state index < -0.39 is 6.04 Å². The van der Waals surface area contributed by atoms with Crippen molar-refractivity contribution in [2.24, 2.45) is 0 Å². The van der Waals surface area contributed by atoms with Gasteiger partial charge in [0.15, 0.2) is 0 Å². The molecule has 2 aromatic heterocycles. The van der Waals surface area contributed by atoms with Crippen LogP contribution >= 0.6 is 0 Å². The number of H-pyrrole nitrogens is 1. The van der Waals surface area contributed by atoms with E-state index in [1.54, 1.807) is 6.07 Å². The number of aliphatic hydroxyl groups is 1. The highest BCUT2D eigenvalue weighted by Gasteiger charge is 2.16. The lowest BCUT2D eigenvalue weighted by Crippen LogP contribution is -2.39. The highest BCUT2D eigenvalue weighted by molar-refractivity contribution is 5.93. The number of nitrogens with one attached hydrogen (secondary N) is 2. The molecule has 0 spiro atoms. The van der Waals surface area contributed by atoms with Crippen LogP contribution < -0.4 is 11.1 Å². The molecule has 6 heteroatoms. The summed E-state index contributed by atoms with van der Waals surface area (Å²) >= 11 is 0. The molecule has 118 valence electrons. The van der Waals surface area contributed by atoms with Gasteiger partial charge in [-0.15, -0.1) is 0 Å². The standard InChI is InChI=1S/C17H18N4O2/c18-12-5-6-19-16(8-12)17(23)21-13(10-22)7-11-9-20-15-4-2-1-3-14(11)15/h1-6,8-9,13,20,22H,7,10H2,(H2,18,19)(H,21,23). The minimum absolute atomic E-state index is 0.159. The number of aliphatic hydroxyl groups excluding tert-OH is 1. The first-order valence-corrected chi connectivity index (χ1v) is 7.35. The number of nitrogens with zero attached hydrogens (tertiary/aromatic N) is 1. The first kappa shape index (κ1) is 15.1. The number of aromatic amines is 1. The van der Waals surface area contributed by atoms with Crippen molar-refractivity contribution >= 4 is 22.5 Å². The Kier molecular flexibility index (Phi) is 4.25. The lowest BCUT2D eigenvalue weighted by atomic mass is 10.1. The maximum atomic E-state index is 12.2. The molecule has 1 atom stereocenters. The molecule has 0 bridgehead atoms. The number of benzene rings is 1. The van der Waals surface area contributed by atoms with E-state index in [1.165, 1.54) is 12.3 Å². The Morgan fingerprint density at radius 1 is 1.35 bits per heavy atom. The molecule has 0 aliphatic rings. The first-order valence-electron chi connectivity index (χ1n) is 7.35. The summed E-state index contributed by atoms with van der Waals surface area (Å²) in [7, 11) is 0. The molecule has 3 rings (SSSR count). The zero-order chi connectivity index (χ0) is 16.2. The molecule has 6 nitrogen and oxygen atoms in total. The van der Waals surface area contributed by atoms with Crippen LogP contribution in [0.1, 0.15) is 16.1 Å². The molecule has 0 saturated heterocycles. The van der Waals surface area contributed by atoms with Crippen LogP contribution in [0.15, 0.2) is 48.8 Å². The van der Waals surface area contributed by atoms with Crippen LogP contribution in [-0.2, 0) is 6.42 Å². The highest BCUT2D eigenvalue weighted by atomic mass is 16.3. The van der Waals surface area contributed by atoms with Gasteiger partial charge in [0, 0.05) is 29.0 Å². The summed E-state index contributed by atoms with van der Waals surface area (Å²) < 4.78 is 0. The van der Waals surface area contributed by atoms with E-state index in [4.69, 9.17) is 5.73 Å². The van der Waals surface area contributed by atoms with E-state index in [9.17, 15) is 9.90 Å². The Morgan fingerprint density at radius 3 is 2.96 bits per heavy atom. The van der Waals surface area contributed by atoms with Crippen molar-refractivity contribution in [2.45, 2.75) is 12.5 Å². The molecular formula is C17H18N4O2. The Labute approximate surface area is 133 Å². The second-order valence-corrected chi connectivity index (χ2v) is 5.39. The van der Waals surface area contributed by atoms with Gasteiger partial charge in [-0.25, -0.2) is 0 Å². The summed E-state index contributed by atoms with van der Waals surface area (Å²) in [5.74, 6) is -0.351. The van der Waals surface area contributed by atoms with Crippen molar-refractivity contribution in [3.63, 3.8) is 0 Å². The predicted octanol–water partition coefficient (Wildman–Crippen LogP) is 1.48. The van der Waals surface area contributed by atoms with E-state index in [2.05, 4.69) is 15.3 Å². The van der Waals surface area contributed by atoms with E-state index in [0.29, 0.717) is 12.1 Å². The fraction of sp³-hybridized carbons (Fsp3) is 0.176. The molecule has 3 aromatic rings. The van der Waals surface area contributed by atoms with Crippen LogP contribution in [0.4, 0.5) is 5.69 Å². The minimum Gasteiger partial charge on any atom is -0.399 e. The number of carbonyl (C=O) groups is 1. The molecule has 1 amide bonds. The van der Waals surface area contributed by atoms with Crippen LogP contribution in [0.25, 0.3) is 10.9 Å². The van der Waals surface area contributed by atoms with Gasteiger partial charge in [-0.05, 0) is 30.2 Å². The fourth-order valence-electron chi connectivity index (χ4n) is 2.56. The van der Waals surface area contributed by atoms with E-state index in [-0.39, 0.29) is 18.2 Å². The molecule has 1 unspecified atom stereocenters. The predicted molar refractivity (Wildman–Crippen MR) is 89.0 cm³/mol. The second kappa shape index (κ2) is 6.50. The van der Waals surface area contributed by atoms with Crippen LogP contribution in [0.3, 0.4) is 0 Å². The average Bonchev–Trinajstić information content (AvgIpc) is 2.97. The van der Waals surface area contributed by atoms with Gasteiger partial charge in [-0.2, -0.15) is 0 Å². The van der Waals surface area contributed by atoms with Gasteiger partial charge in [0.2, 0.25) is 0 Å². The lowest BCUT2D eigenvalue weighted by Gasteiger charge is -2.15. The Morgan fingerprint density at radius 2 is 2.17 bits per heavy atom. The number of pyridine rings is 1. The van der Waals surface area contributed by atoms with E-state index >= 15 is 0 Å². The van der Waals surface area contributed by atoms with Crippen molar-refractivity contribution < 1.29 is 9.90 Å². The van der Waals surface area contributed by atoms with E-state index in [0.717, 1.165) is 16.5 Å². The molecule has 5 N–H and O–H groups in total. The molecule has 0 aliphatic heterocycles. The molecule has 23 heavy (non-hydrogen) atoms. The van der Waals surface area contributed by atoms with Crippen LogP contribution in [0.2, 0.25) is 0 Å². The quantitative estimate of drug-likeness (QED) is 0.573. The van der Waals surface area contributed by atoms with Crippen LogP contribution in [-0.4, -0.2) is 33.6 Å². The third kappa shape index (κ3) is 3.32. The summed E-state index contributed by atoms with van der Waals surface area (Å²) in [4.78, 5) is 19.4. The SMILES string of the molecule is Nc1ccnc(C(=O)NC(CO)Cc2c[nH]c3ccccc23)c1. The van der Waals surface area contributed by atoms with Crippen LogP contribution in [0.5, 0.6) is 0 Å². The number of nitrogen functional groups attached to an aromatic ring is 1. The molecule has 0 aliphatic carbocycles. The maximum absolute atomic E-state index is 12.2.